The smallest absolute Gasteiger partial charge is 0.505 e. The van der Waals surface area contributed by atoms with Crippen molar-refractivity contribution in [1.82, 2.24) is 0 Å². The first-order chi connectivity index (χ1) is 25.2. The molecule has 0 fully saturated rings. The Kier molecular flexibility index (Phi) is 11.7. The van der Waals surface area contributed by atoms with Crippen LogP contribution in [0.1, 0.15) is 5.56 Å². The number of benzene rings is 6. The van der Waals surface area contributed by atoms with Crippen LogP contribution in [-0.4, -0.2) is 52.4 Å². The van der Waals surface area contributed by atoms with Crippen LogP contribution in [0.5, 0.6) is 5.75 Å². The first-order valence-electron chi connectivity index (χ1n) is 15.0. The normalized spacial score (nSPS) is 12.7. The Balaban J connectivity index is 0.00000580. The minimum absolute atomic E-state index is 0. The van der Waals surface area contributed by atoms with Crippen LogP contribution >= 0.6 is 0 Å². The monoisotopic (exact) mass is 834 g/mol. The van der Waals surface area contributed by atoms with Crippen molar-refractivity contribution in [3.05, 3.63) is 109 Å². The van der Waals surface area contributed by atoms with Crippen molar-refractivity contribution in [2.45, 2.75) is 26.5 Å². The third-order valence-corrected chi connectivity index (χ3v) is 11.8. The molecule has 278 valence electrons. The summed E-state index contributed by atoms with van der Waals surface area (Å²) in [6.07, 6.45) is 0. The number of sulfonamides is 1. The summed E-state index contributed by atoms with van der Waals surface area (Å²) in [6, 6.07) is 22.0. The van der Waals surface area contributed by atoms with E-state index in [0.29, 0.717) is 17.3 Å². The van der Waals surface area contributed by atoms with Gasteiger partial charge in [0.25, 0.3) is 40.4 Å². The van der Waals surface area contributed by atoms with E-state index in [4.69, 9.17) is 0 Å². The van der Waals surface area contributed by atoms with Crippen molar-refractivity contribution in [2.75, 3.05) is 4.72 Å². The number of aromatic hydroxyl groups is 1. The van der Waals surface area contributed by atoms with Crippen LogP contribution in [0.15, 0.2) is 143 Å². The number of rotatable bonds is 10. The summed E-state index contributed by atoms with van der Waals surface area (Å²) in [6.45, 7) is 1.63. The molecule has 0 aromatic heterocycles. The average Bonchev–Trinajstić information content (AvgIpc) is 3.09. The predicted molar refractivity (Wildman–Crippen MR) is 196 cm³/mol. The van der Waals surface area contributed by atoms with Gasteiger partial charge in [0.15, 0.2) is 5.75 Å². The van der Waals surface area contributed by atoms with Gasteiger partial charge in [0.05, 0.1) is 26.9 Å². The number of nitrogens with one attached hydrogen (secondary N) is 1. The fourth-order valence-electron chi connectivity index (χ4n) is 5.27. The van der Waals surface area contributed by atoms with Gasteiger partial charge in [-0.05, 0) is 90.7 Å². The molecule has 6 rings (SSSR count). The molecular weight excluding hydrogens is 810 g/mol. The van der Waals surface area contributed by atoms with Crippen molar-refractivity contribution in [2.24, 2.45) is 20.5 Å². The van der Waals surface area contributed by atoms with Gasteiger partial charge in [-0.1, -0.05) is 30.3 Å². The molecule has 22 heteroatoms. The van der Waals surface area contributed by atoms with E-state index < -0.39 is 55.1 Å². The first-order valence-corrected chi connectivity index (χ1v) is 20.8. The summed E-state index contributed by atoms with van der Waals surface area (Å²) >= 11 is 0. The molecule has 0 amide bonds. The number of hydrogen-bond acceptors (Lipinski definition) is 13. The van der Waals surface area contributed by atoms with Crippen LogP contribution in [0, 0.1) is 6.92 Å². The van der Waals surface area contributed by atoms with E-state index in [-0.39, 0.29) is 84.5 Å². The van der Waals surface area contributed by atoms with Crippen LogP contribution in [-0.2, 0) is 40.4 Å². The number of phenolic OH excluding ortho intramolecular Hbond substituents is 1. The number of fused-ring (bicyclic) bond motifs is 2. The maximum absolute atomic E-state index is 13.2. The van der Waals surface area contributed by atoms with E-state index in [1.165, 1.54) is 78.9 Å². The molecule has 0 bridgehead atoms. The third-order valence-electron chi connectivity index (χ3n) is 7.83. The van der Waals surface area contributed by atoms with E-state index in [0.717, 1.165) is 12.1 Å². The zero-order valence-corrected chi connectivity index (χ0v) is 33.6. The summed E-state index contributed by atoms with van der Waals surface area (Å²) in [5, 5.41) is 26.9. The Morgan fingerprint density at radius 2 is 1.11 bits per heavy atom. The zero-order valence-electron chi connectivity index (χ0n) is 28.3. The van der Waals surface area contributed by atoms with Gasteiger partial charge in [-0.25, -0.2) is 8.42 Å². The number of azo groups is 2. The van der Waals surface area contributed by atoms with E-state index in [2.05, 4.69) is 25.2 Å². The van der Waals surface area contributed by atoms with Crippen molar-refractivity contribution in [3.63, 3.8) is 0 Å². The van der Waals surface area contributed by atoms with Gasteiger partial charge < -0.3 is 5.11 Å². The molecule has 0 aliphatic carbocycles. The second-order valence-electron chi connectivity index (χ2n) is 11.5. The Morgan fingerprint density at radius 3 is 1.73 bits per heavy atom. The zero-order chi connectivity index (χ0) is 39.2. The molecule has 0 heterocycles. The maximum atomic E-state index is 13.2. The summed E-state index contributed by atoms with van der Waals surface area (Å²) < 4.78 is 129. The van der Waals surface area contributed by atoms with Gasteiger partial charge in [-0.2, -0.15) is 40.6 Å². The fraction of sp³-hybridized carbons (Fsp3) is 0.0303. The molecule has 0 radical (unpaired) electrons. The summed E-state index contributed by atoms with van der Waals surface area (Å²) in [7, 11) is -18.5. The van der Waals surface area contributed by atoms with Gasteiger partial charge in [-0.15, -0.1) is 5.11 Å². The fourth-order valence-corrected chi connectivity index (χ4v) is 8.39. The van der Waals surface area contributed by atoms with Crippen molar-refractivity contribution in [1.29, 1.82) is 0 Å². The van der Waals surface area contributed by atoms with Gasteiger partial charge in [0.1, 0.15) is 15.5 Å². The van der Waals surface area contributed by atoms with E-state index in [9.17, 15) is 52.4 Å². The molecule has 6 aromatic rings. The molecule has 0 aliphatic rings. The third kappa shape index (κ3) is 9.24. The average molecular weight is 835 g/mol. The van der Waals surface area contributed by atoms with Crippen molar-refractivity contribution >= 4 is 90.4 Å². The van der Waals surface area contributed by atoms with Crippen molar-refractivity contribution in [3.8, 4) is 5.75 Å². The SMILES string of the molecule is Cc1cc(NS(=O)(=O)c2ccc(N=Nc3cc(S(=O)(=O)O)c4ccccc4c3O)cc2)ccc1N=Nc1ccc2cc(S(=O)(=O)O)cc(S(=O)(=O)O)c2c1.[Na+]. The topological polar surface area (TPSA) is 279 Å². The molecule has 0 aliphatic heterocycles. The molecule has 0 unspecified atom stereocenters. The van der Waals surface area contributed by atoms with Crippen LogP contribution in [0.4, 0.5) is 28.4 Å². The molecule has 5 N–H and O–H groups in total. The summed E-state index contributed by atoms with van der Waals surface area (Å²) in [4.78, 5) is -2.13. The van der Waals surface area contributed by atoms with Crippen molar-refractivity contribution < 1.29 is 82.0 Å². The second-order valence-corrected chi connectivity index (χ2v) is 17.4. The van der Waals surface area contributed by atoms with Crippen LogP contribution in [0.2, 0.25) is 0 Å². The number of nitrogens with zero attached hydrogens (tertiary/aromatic N) is 4. The molecule has 0 saturated carbocycles. The van der Waals surface area contributed by atoms with E-state index >= 15 is 0 Å². The Hall–Kier alpha value is -4.68. The quantitative estimate of drug-likeness (QED) is 0.0731. The number of hydrogen-bond donors (Lipinski definition) is 5. The number of aryl methyl sites for hydroxylation is 1. The molecule has 17 nitrogen and oxygen atoms in total. The van der Waals surface area contributed by atoms with E-state index in [1.54, 1.807) is 13.0 Å². The van der Waals surface area contributed by atoms with Gasteiger partial charge in [0, 0.05) is 21.8 Å². The van der Waals surface area contributed by atoms with Crippen LogP contribution < -0.4 is 34.3 Å². The van der Waals surface area contributed by atoms with Crippen LogP contribution in [0.25, 0.3) is 21.5 Å². The minimum Gasteiger partial charge on any atom is -0.505 e. The molecular formula is C33H25N5NaO12S4+. The molecule has 55 heavy (non-hydrogen) atoms. The molecule has 6 aromatic carbocycles. The number of anilines is 1. The predicted octanol–water partition coefficient (Wildman–Crippen LogP) is 4.38. The minimum atomic E-state index is -4.92. The van der Waals surface area contributed by atoms with Gasteiger partial charge in [-0.3, -0.25) is 18.4 Å². The summed E-state index contributed by atoms with van der Waals surface area (Å²) in [5.41, 5.74) is 1.000. The standard InChI is InChI=1S/C33H25N5O12S4.Na/c1-19-14-23(10-13-29(19)36-35-22-7-6-20-15-25(52(42,43)44)17-31(28(20)16-22)53(45,46)47)38-51(40,41)24-11-8-21(9-12-24)34-37-30-18-32(54(48,49)50)26-4-2-3-5-27(26)33(30)39;/h2-18,38-39H,1H3,(H,42,43,44)(H,45,46,47)(H,48,49,50);/q;+1. The largest absolute Gasteiger partial charge is 1.00 e. The van der Waals surface area contributed by atoms with E-state index in [1.807, 2.05) is 0 Å². The Morgan fingerprint density at radius 1 is 0.527 bits per heavy atom. The molecule has 0 saturated heterocycles. The first kappa shape index (κ1) is 41.5. The Bertz CT molecular complexity index is 3030. The summed E-state index contributed by atoms with van der Waals surface area (Å²) in [5.74, 6) is -0.380. The van der Waals surface area contributed by atoms with Gasteiger partial charge >= 0.3 is 29.6 Å². The van der Waals surface area contributed by atoms with Crippen LogP contribution in [0.3, 0.4) is 0 Å². The Labute approximate surface area is 336 Å². The van der Waals surface area contributed by atoms with Gasteiger partial charge in [0.2, 0.25) is 0 Å². The molecule has 0 atom stereocenters. The second kappa shape index (κ2) is 15.5. The molecule has 0 spiro atoms. The maximum Gasteiger partial charge on any atom is 1.00 e. The number of phenols is 1.